The van der Waals surface area contributed by atoms with Crippen LogP contribution in [0.25, 0.3) is 0 Å². The van der Waals surface area contributed by atoms with Crippen molar-refractivity contribution in [3.8, 4) is 5.75 Å². The second-order valence-electron chi connectivity index (χ2n) is 4.37. The lowest BCUT2D eigenvalue weighted by molar-refractivity contribution is 0.100. The minimum Gasteiger partial charge on any atom is -0.495 e. The molecule has 2 aromatic carbocycles. The number of amides is 3. The first kappa shape index (κ1) is 15.7. The molecule has 0 spiro atoms. The molecule has 0 saturated heterocycles. The van der Waals surface area contributed by atoms with Gasteiger partial charge in [-0.15, -0.1) is 0 Å². The van der Waals surface area contributed by atoms with Gasteiger partial charge < -0.3 is 21.1 Å². The van der Waals surface area contributed by atoms with E-state index in [4.69, 9.17) is 22.1 Å². The number of benzene rings is 2. The minimum absolute atomic E-state index is 0.363. The zero-order chi connectivity index (χ0) is 16.1. The zero-order valence-electron chi connectivity index (χ0n) is 11.7. The summed E-state index contributed by atoms with van der Waals surface area (Å²) in [6.45, 7) is 0. The highest BCUT2D eigenvalue weighted by molar-refractivity contribution is 6.31. The summed E-state index contributed by atoms with van der Waals surface area (Å²) in [5.41, 5.74) is 6.47. The highest BCUT2D eigenvalue weighted by Crippen LogP contribution is 2.27. The van der Waals surface area contributed by atoms with Gasteiger partial charge >= 0.3 is 6.03 Å². The summed E-state index contributed by atoms with van der Waals surface area (Å²) >= 11 is 5.89. The number of carbonyl (C=O) groups is 2. The lowest BCUT2D eigenvalue weighted by atomic mass is 10.2. The molecule has 0 fully saturated rings. The van der Waals surface area contributed by atoms with Crippen LogP contribution in [-0.4, -0.2) is 19.0 Å². The Morgan fingerprint density at radius 3 is 2.36 bits per heavy atom. The zero-order valence-corrected chi connectivity index (χ0v) is 12.5. The molecular formula is C15H14ClN3O3. The summed E-state index contributed by atoms with van der Waals surface area (Å²) in [7, 11) is 1.49. The lowest BCUT2D eigenvalue weighted by Crippen LogP contribution is -2.20. The molecule has 0 radical (unpaired) electrons. The fourth-order valence-electron chi connectivity index (χ4n) is 1.78. The molecule has 0 atom stereocenters. The maximum absolute atomic E-state index is 12.0. The van der Waals surface area contributed by atoms with Crippen molar-refractivity contribution in [1.82, 2.24) is 0 Å². The number of hydrogen-bond donors (Lipinski definition) is 3. The Bertz CT molecular complexity index is 702. The smallest absolute Gasteiger partial charge is 0.323 e. The second-order valence-corrected chi connectivity index (χ2v) is 4.80. The molecule has 7 heteroatoms. The van der Waals surface area contributed by atoms with Crippen LogP contribution in [0.3, 0.4) is 0 Å². The van der Waals surface area contributed by atoms with E-state index < -0.39 is 11.9 Å². The number of primary amides is 1. The maximum atomic E-state index is 12.0. The first-order valence-electron chi connectivity index (χ1n) is 6.31. The van der Waals surface area contributed by atoms with Crippen molar-refractivity contribution in [3.63, 3.8) is 0 Å². The quantitative estimate of drug-likeness (QED) is 0.808. The summed E-state index contributed by atoms with van der Waals surface area (Å²) in [6, 6.07) is 10.6. The molecule has 0 bridgehead atoms. The molecule has 22 heavy (non-hydrogen) atoms. The number of hydrogen-bond acceptors (Lipinski definition) is 3. The topological polar surface area (TPSA) is 93.4 Å². The Hall–Kier alpha value is -2.73. The molecule has 0 unspecified atom stereocenters. The normalized spacial score (nSPS) is 9.91. The minimum atomic E-state index is -0.528. The fourth-order valence-corrected chi connectivity index (χ4v) is 1.95. The van der Waals surface area contributed by atoms with Gasteiger partial charge in [-0.05, 0) is 42.5 Å². The number of carbonyl (C=O) groups excluding carboxylic acids is 2. The summed E-state index contributed by atoms with van der Waals surface area (Å²) in [4.78, 5) is 22.9. The summed E-state index contributed by atoms with van der Waals surface area (Å²) < 4.78 is 5.14. The molecule has 2 rings (SSSR count). The van der Waals surface area contributed by atoms with Crippen LogP contribution in [0, 0.1) is 0 Å². The molecular weight excluding hydrogens is 306 g/mol. The van der Waals surface area contributed by atoms with Gasteiger partial charge in [0.15, 0.2) is 0 Å². The standard InChI is InChI=1S/C15H14ClN3O3/c1-22-13-7-4-10(16)8-12(13)19-15(21)18-11-5-2-9(3-6-11)14(17)20/h2-8H,1H3,(H2,17,20)(H2,18,19,21). The highest BCUT2D eigenvalue weighted by Gasteiger charge is 2.09. The molecule has 3 amide bonds. The number of urea groups is 1. The molecule has 0 heterocycles. The first-order valence-corrected chi connectivity index (χ1v) is 6.69. The van der Waals surface area contributed by atoms with Crippen LogP contribution in [0.4, 0.5) is 16.2 Å². The van der Waals surface area contributed by atoms with Crippen LogP contribution in [0.1, 0.15) is 10.4 Å². The average molecular weight is 320 g/mol. The van der Waals surface area contributed by atoms with Crippen molar-refractivity contribution in [2.45, 2.75) is 0 Å². The third-order valence-electron chi connectivity index (χ3n) is 2.84. The molecule has 0 aliphatic rings. The van der Waals surface area contributed by atoms with Crippen molar-refractivity contribution in [3.05, 3.63) is 53.1 Å². The lowest BCUT2D eigenvalue weighted by Gasteiger charge is -2.11. The molecule has 0 aromatic heterocycles. The van der Waals surface area contributed by atoms with Crippen LogP contribution in [0.15, 0.2) is 42.5 Å². The van der Waals surface area contributed by atoms with E-state index in [0.29, 0.717) is 27.7 Å². The van der Waals surface area contributed by atoms with E-state index in [1.165, 1.54) is 19.2 Å². The van der Waals surface area contributed by atoms with Crippen molar-refractivity contribution in [2.75, 3.05) is 17.7 Å². The Labute approximate surface area is 132 Å². The van der Waals surface area contributed by atoms with Crippen LogP contribution >= 0.6 is 11.6 Å². The predicted octanol–water partition coefficient (Wildman–Crippen LogP) is 3.09. The van der Waals surface area contributed by atoms with E-state index in [9.17, 15) is 9.59 Å². The predicted molar refractivity (Wildman–Crippen MR) is 85.6 cm³/mol. The van der Waals surface area contributed by atoms with Gasteiger partial charge in [0.2, 0.25) is 5.91 Å². The fraction of sp³-hybridized carbons (Fsp3) is 0.0667. The monoisotopic (exact) mass is 319 g/mol. The number of rotatable bonds is 4. The SMILES string of the molecule is COc1ccc(Cl)cc1NC(=O)Nc1ccc(C(N)=O)cc1. The summed E-state index contributed by atoms with van der Waals surface area (Å²) in [6.07, 6.45) is 0. The molecule has 0 aliphatic heterocycles. The Morgan fingerprint density at radius 1 is 1.09 bits per heavy atom. The van der Waals surface area contributed by atoms with Crippen LogP contribution < -0.4 is 21.1 Å². The van der Waals surface area contributed by atoms with Gasteiger partial charge in [0, 0.05) is 16.3 Å². The first-order chi connectivity index (χ1) is 10.5. The Balaban J connectivity index is 2.07. The number of nitrogens with two attached hydrogens (primary N) is 1. The third-order valence-corrected chi connectivity index (χ3v) is 3.07. The molecule has 114 valence electrons. The van der Waals surface area contributed by atoms with E-state index in [0.717, 1.165) is 0 Å². The van der Waals surface area contributed by atoms with Gasteiger partial charge in [0.25, 0.3) is 0 Å². The second kappa shape index (κ2) is 6.82. The number of anilines is 2. The largest absolute Gasteiger partial charge is 0.495 e. The summed E-state index contributed by atoms with van der Waals surface area (Å²) in [5.74, 6) is -0.0386. The highest BCUT2D eigenvalue weighted by atomic mass is 35.5. The molecule has 6 nitrogen and oxygen atoms in total. The van der Waals surface area contributed by atoms with Crippen molar-refractivity contribution in [1.29, 1.82) is 0 Å². The van der Waals surface area contributed by atoms with Crippen LogP contribution in [-0.2, 0) is 0 Å². The van der Waals surface area contributed by atoms with Crippen LogP contribution in [0.2, 0.25) is 5.02 Å². The Kier molecular flexibility index (Phi) is 4.85. The number of nitrogens with one attached hydrogen (secondary N) is 2. The summed E-state index contributed by atoms with van der Waals surface area (Å²) in [5, 5.41) is 5.74. The van der Waals surface area contributed by atoms with E-state index in [-0.39, 0.29) is 0 Å². The molecule has 2 aromatic rings. The van der Waals surface area contributed by atoms with Gasteiger partial charge in [0.05, 0.1) is 12.8 Å². The third kappa shape index (κ3) is 3.89. The van der Waals surface area contributed by atoms with Gasteiger partial charge in [0.1, 0.15) is 5.75 Å². The van der Waals surface area contributed by atoms with Gasteiger partial charge in [-0.3, -0.25) is 4.79 Å². The van der Waals surface area contributed by atoms with Crippen molar-refractivity contribution in [2.24, 2.45) is 5.73 Å². The van der Waals surface area contributed by atoms with Crippen LogP contribution in [0.5, 0.6) is 5.75 Å². The van der Waals surface area contributed by atoms with E-state index in [1.807, 2.05) is 0 Å². The molecule has 4 N–H and O–H groups in total. The van der Waals surface area contributed by atoms with E-state index >= 15 is 0 Å². The number of halogens is 1. The Morgan fingerprint density at radius 2 is 1.77 bits per heavy atom. The van der Waals surface area contributed by atoms with E-state index in [1.54, 1.807) is 30.3 Å². The van der Waals surface area contributed by atoms with E-state index in [2.05, 4.69) is 10.6 Å². The number of ether oxygens (including phenoxy) is 1. The van der Waals surface area contributed by atoms with Crippen molar-refractivity contribution < 1.29 is 14.3 Å². The van der Waals surface area contributed by atoms with Gasteiger partial charge in [-0.25, -0.2) is 4.79 Å². The van der Waals surface area contributed by atoms with Gasteiger partial charge in [-0.1, -0.05) is 11.6 Å². The van der Waals surface area contributed by atoms with Gasteiger partial charge in [-0.2, -0.15) is 0 Å². The maximum Gasteiger partial charge on any atom is 0.323 e. The molecule has 0 saturated carbocycles. The van der Waals surface area contributed by atoms with Crippen molar-refractivity contribution >= 4 is 34.9 Å². The number of methoxy groups -OCH3 is 1. The average Bonchev–Trinajstić information content (AvgIpc) is 2.48. The molecule has 0 aliphatic carbocycles.